The minimum atomic E-state index is -0.758. The standard InChI is InChI=1S/C28H41N5O4/c1-28(2,3)15-22(27(36)33-16-21(29)25-24(33)23(34)17-37-25)30-26(35)18-7-9-20(10-8-18)32-13-11-31(12-14-32)19-5-4-6-19/h7-10,19,21-22,24-25H,4-6,11-17,29H2,1-3H3,(H,30,35)/t21-,22+,24-,25-/m1/s1. The number of piperazine rings is 1. The van der Waals surface area contributed by atoms with Gasteiger partial charge in [-0.25, -0.2) is 0 Å². The smallest absolute Gasteiger partial charge is 0.251 e. The SMILES string of the molecule is CC(C)(C)C[C@H](NC(=O)c1ccc(N2CCN(C3CCC3)CC2)cc1)C(=O)N1C[C@@H](N)[C@H]2OCC(=O)[C@H]21. The number of benzene rings is 1. The van der Waals surface area contributed by atoms with E-state index in [1.165, 1.54) is 24.2 Å². The van der Waals surface area contributed by atoms with Crippen molar-refractivity contribution in [2.45, 2.75) is 76.7 Å². The molecule has 1 saturated carbocycles. The van der Waals surface area contributed by atoms with Crippen LogP contribution in [0.5, 0.6) is 0 Å². The molecule has 9 heteroatoms. The molecule has 0 bridgehead atoms. The Morgan fingerprint density at radius 3 is 2.38 bits per heavy atom. The third-order valence-corrected chi connectivity index (χ3v) is 8.33. The highest BCUT2D eigenvalue weighted by Crippen LogP contribution is 2.30. The summed E-state index contributed by atoms with van der Waals surface area (Å²) in [6.07, 6.45) is 4.00. The van der Waals surface area contributed by atoms with E-state index in [1.54, 1.807) is 0 Å². The van der Waals surface area contributed by atoms with Gasteiger partial charge in [-0.3, -0.25) is 19.3 Å². The predicted molar refractivity (Wildman–Crippen MR) is 141 cm³/mol. The van der Waals surface area contributed by atoms with Crippen molar-refractivity contribution in [3.8, 4) is 0 Å². The predicted octanol–water partition coefficient (Wildman–Crippen LogP) is 1.40. The van der Waals surface area contributed by atoms with Crippen molar-refractivity contribution in [2.24, 2.45) is 11.1 Å². The van der Waals surface area contributed by atoms with Crippen LogP contribution in [0.25, 0.3) is 0 Å². The molecule has 2 amide bonds. The van der Waals surface area contributed by atoms with Gasteiger partial charge in [0.15, 0.2) is 5.78 Å². The average molecular weight is 512 g/mol. The first-order valence-corrected chi connectivity index (χ1v) is 13.7. The first-order chi connectivity index (χ1) is 17.6. The van der Waals surface area contributed by atoms with Gasteiger partial charge in [-0.05, 0) is 48.9 Å². The molecule has 3 aliphatic heterocycles. The maximum atomic E-state index is 13.6. The van der Waals surface area contributed by atoms with Crippen molar-refractivity contribution in [3.05, 3.63) is 29.8 Å². The summed E-state index contributed by atoms with van der Waals surface area (Å²) < 4.78 is 5.54. The van der Waals surface area contributed by atoms with Crippen molar-refractivity contribution >= 4 is 23.3 Å². The Morgan fingerprint density at radius 2 is 1.78 bits per heavy atom. The molecule has 5 rings (SSSR count). The number of ketones is 1. The van der Waals surface area contributed by atoms with Crippen LogP contribution in [-0.4, -0.2) is 97.0 Å². The second-order valence-corrected chi connectivity index (χ2v) is 12.3. The fourth-order valence-electron chi connectivity index (χ4n) is 6.09. The van der Waals surface area contributed by atoms with Crippen molar-refractivity contribution in [2.75, 3.05) is 44.2 Å². The first-order valence-electron chi connectivity index (χ1n) is 13.7. The third kappa shape index (κ3) is 5.54. The number of fused-ring (bicyclic) bond motifs is 1. The number of nitrogens with two attached hydrogens (primary N) is 1. The number of hydrogen-bond donors (Lipinski definition) is 2. The molecule has 0 aromatic heterocycles. The van der Waals surface area contributed by atoms with Gasteiger partial charge in [-0.2, -0.15) is 0 Å². The lowest BCUT2D eigenvalue weighted by Crippen LogP contribution is -2.53. The highest BCUT2D eigenvalue weighted by molar-refractivity contribution is 5.99. The highest BCUT2D eigenvalue weighted by Gasteiger charge is 2.52. The highest BCUT2D eigenvalue weighted by atomic mass is 16.5. The van der Waals surface area contributed by atoms with E-state index in [9.17, 15) is 14.4 Å². The molecule has 0 unspecified atom stereocenters. The largest absolute Gasteiger partial charge is 0.369 e. The Balaban J connectivity index is 1.24. The molecular formula is C28H41N5O4. The van der Waals surface area contributed by atoms with Crippen LogP contribution in [0.3, 0.4) is 0 Å². The summed E-state index contributed by atoms with van der Waals surface area (Å²) in [5.41, 5.74) is 7.59. The molecule has 4 atom stereocenters. The van der Waals surface area contributed by atoms with E-state index in [2.05, 4.69) is 15.1 Å². The fourth-order valence-corrected chi connectivity index (χ4v) is 6.09. The van der Waals surface area contributed by atoms with E-state index < -0.39 is 24.2 Å². The van der Waals surface area contributed by atoms with Crippen LogP contribution in [0, 0.1) is 5.41 Å². The van der Waals surface area contributed by atoms with E-state index in [1.807, 2.05) is 45.0 Å². The van der Waals surface area contributed by atoms with Crippen LogP contribution >= 0.6 is 0 Å². The van der Waals surface area contributed by atoms with Crippen LogP contribution in [0.4, 0.5) is 5.69 Å². The number of Topliss-reactive ketones (excluding diaryl/α,β-unsaturated/α-hetero) is 1. The molecule has 1 aromatic carbocycles. The molecule has 3 saturated heterocycles. The second-order valence-electron chi connectivity index (χ2n) is 12.3. The summed E-state index contributed by atoms with van der Waals surface area (Å²) in [7, 11) is 0. The number of amides is 2. The monoisotopic (exact) mass is 511 g/mol. The molecule has 3 heterocycles. The maximum Gasteiger partial charge on any atom is 0.251 e. The molecule has 9 nitrogen and oxygen atoms in total. The van der Waals surface area contributed by atoms with Gasteiger partial charge in [0.1, 0.15) is 24.8 Å². The van der Waals surface area contributed by atoms with Gasteiger partial charge in [0.05, 0.1) is 6.04 Å². The molecule has 202 valence electrons. The van der Waals surface area contributed by atoms with Gasteiger partial charge in [0.25, 0.3) is 5.91 Å². The number of nitrogens with zero attached hydrogens (tertiary/aromatic N) is 3. The van der Waals surface area contributed by atoms with Gasteiger partial charge in [-0.15, -0.1) is 0 Å². The molecule has 0 radical (unpaired) electrons. The van der Waals surface area contributed by atoms with Crippen molar-refractivity contribution in [1.82, 2.24) is 15.1 Å². The number of carbonyl (C=O) groups excluding carboxylic acids is 3. The van der Waals surface area contributed by atoms with E-state index >= 15 is 0 Å². The van der Waals surface area contributed by atoms with Gasteiger partial charge in [-0.1, -0.05) is 27.2 Å². The van der Waals surface area contributed by atoms with E-state index in [0.29, 0.717) is 12.0 Å². The fraction of sp³-hybridized carbons (Fsp3) is 0.679. The van der Waals surface area contributed by atoms with Gasteiger partial charge in [0.2, 0.25) is 5.91 Å². The van der Waals surface area contributed by atoms with Crippen molar-refractivity contribution < 1.29 is 19.1 Å². The summed E-state index contributed by atoms with van der Waals surface area (Å²) in [5.74, 6) is -0.694. The summed E-state index contributed by atoms with van der Waals surface area (Å²) in [4.78, 5) is 45.8. The zero-order valence-electron chi connectivity index (χ0n) is 22.3. The molecule has 1 aromatic rings. The van der Waals surface area contributed by atoms with E-state index in [4.69, 9.17) is 10.5 Å². The molecule has 4 fully saturated rings. The zero-order chi connectivity index (χ0) is 26.3. The quantitative estimate of drug-likeness (QED) is 0.594. The Kier molecular flexibility index (Phi) is 7.31. The Labute approximate surface area is 219 Å². The van der Waals surface area contributed by atoms with Gasteiger partial charge < -0.3 is 25.6 Å². The summed E-state index contributed by atoms with van der Waals surface area (Å²) in [6, 6.07) is 6.60. The third-order valence-electron chi connectivity index (χ3n) is 8.33. The van der Waals surface area contributed by atoms with Crippen LogP contribution in [0.2, 0.25) is 0 Å². The van der Waals surface area contributed by atoms with Crippen molar-refractivity contribution in [3.63, 3.8) is 0 Å². The lowest BCUT2D eigenvalue weighted by atomic mass is 9.87. The minimum Gasteiger partial charge on any atom is -0.369 e. The molecular weight excluding hydrogens is 470 g/mol. The number of rotatable bonds is 6. The Morgan fingerprint density at radius 1 is 1.11 bits per heavy atom. The molecule has 1 aliphatic carbocycles. The number of likely N-dealkylation sites (tertiary alicyclic amines) is 1. The number of nitrogens with one attached hydrogen (secondary N) is 1. The zero-order valence-corrected chi connectivity index (χ0v) is 22.3. The number of hydrogen-bond acceptors (Lipinski definition) is 7. The minimum absolute atomic E-state index is 0.0227. The number of anilines is 1. The molecule has 37 heavy (non-hydrogen) atoms. The normalized spacial score (nSPS) is 27.7. The number of ether oxygens (including phenoxy) is 1. The van der Waals surface area contributed by atoms with Crippen molar-refractivity contribution in [1.29, 1.82) is 0 Å². The summed E-state index contributed by atoms with van der Waals surface area (Å²) in [5, 5.41) is 2.96. The molecule has 4 aliphatic rings. The topological polar surface area (TPSA) is 108 Å². The van der Waals surface area contributed by atoms with Gasteiger partial charge >= 0.3 is 0 Å². The summed E-state index contributed by atoms with van der Waals surface area (Å²) in [6.45, 7) is 10.5. The van der Waals surface area contributed by atoms with Gasteiger partial charge in [0, 0.05) is 50.0 Å². The first kappa shape index (κ1) is 26.1. The number of carbonyl (C=O) groups is 3. The lowest BCUT2D eigenvalue weighted by molar-refractivity contribution is -0.138. The molecule has 3 N–H and O–H groups in total. The average Bonchev–Trinajstić information content (AvgIpc) is 3.37. The Bertz CT molecular complexity index is 1010. The second kappa shape index (κ2) is 10.3. The molecule has 0 spiro atoms. The lowest BCUT2D eigenvalue weighted by Gasteiger charge is -2.43. The van der Waals surface area contributed by atoms with Crippen LogP contribution in [0.15, 0.2) is 24.3 Å². The van der Waals surface area contributed by atoms with Crippen LogP contribution in [0.1, 0.15) is 56.8 Å². The summed E-state index contributed by atoms with van der Waals surface area (Å²) >= 11 is 0. The van der Waals surface area contributed by atoms with E-state index in [0.717, 1.165) is 37.9 Å². The van der Waals surface area contributed by atoms with E-state index in [-0.39, 0.29) is 36.2 Å². The van der Waals surface area contributed by atoms with Crippen LogP contribution in [-0.2, 0) is 14.3 Å². The van der Waals surface area contributed by atoms with Crippen LogP contribution < -0.4 is 16.0 Å². The Hall–Kier alpha value is -2.49. The maximum absolute atomic E-state index is 13.6.